The van der Waals surface area contributed by atoms with Crippen LogP contribution in [0.15, 0.2) is 36.8 Å². The maximum Gasteiger partial charge on any atom is 0.168 e. The van der Waals surface area contributed by atoms with E-state index < -0.39 is 0 Å². The molecule has 0 amide bonds. The first-order chi connectivity index (χ1) is 8.42. The SMILES string of the molecule is [c]1ccc(OCc2ncc3nc[nH]c3n2)cc1. The summed E-state index contributed by atoms with van der Waals surface area (Å²) in [5.74, 6) is 1.40. The summed E-state index contributed by atoms with van der Waals surface area (Å²) in [6.45, 7) is 0.332. The number of fused-ring (bicyclic) bond motifs is 1. The monoisotopic (exact) mass is 225 g/mol. The Labute approximate surface area is 97.5 Å². The molecule has 0 fully saturated rings. The van der Waals surface area contributed by atoms with Crippen LogP contribution in [0.4, 0.5) is 0 Å². The van der Waals surface area contributed by atoms with Gasteiger partial charge in [-0.25, -0.2) is 15.0 Å². The second kappa shape index (κ2) is 4.21. The Morgan fingerprint density at radius 1 is 1.24 bits per heavy atom. The Balaban J connectivity index is 1.76. The van der Waals surface area contributed by atoms with Crippen molar-refractivity contribution < 1.29 is 4.74 Å². The molecule has 1 radical (unpaired) electrons. The van der Waals surface area contributed by atoms with Crippen molar-refractivity contribution in [3.63, 3.8) is 0 Å². The number of nitrogens with zero attached hydrogens (tertiary/aromatic N) is 3. The molecule has 0 unspecified atom stereocenters. The molecule has 0 saturated carbocycles. The smallest absolute Gasteiger partial charge is 0.168 e. The van der Waals surface area contributed by atoms with Crippen LogP contribution in [0.2, 0.25) is 0 Å². The van der Waals surface area contributed by atoms with Gasteiger partial charge in [0.1, 0.15) is 17.9 Å². The van der Waals surface area contributed by atoms with Crippen molar-refractivity contribution >= 4 is 11.2 Å². The molecule has 0 saturated heterocycles. The quantitative estimate of drug-likeness (QED) is 0.737. The van der Waals surface area contributed by atoms with Gasteiger partial charge in [-0.05, 0) is 18.2 Å². The van der Waals surface area contributed by atoms with Crippen molar-refractivity contribution in [2.75, 3.05) is 0 Å². The molecule has 3 rings (SSSR count). The van der Waals surface area contributed by atoms with E-state index in [0.717, 1.165) is 16.9 Å². The molecule has 5 nitrogen and oxygen atoms in total. The maximum absolute atomic E-state index is 5.54. The standard InChI is InChI=1S/C12H9N4O/c1-2-4-9(5-3-1)17-7-11-13-6-10-12(16-11)15-8-14-10/h2-6,8H,7H2,(H,13,14,15,16). The van der Waals surface area contributed by atoms with Crippen LogP contribution in [0.25, 0.3) is 11.2 Å². The highest BCUT2D eigenvalue weighted by atomic mass is 16.5. The Bertz CT molecular complexity index is 620. The number of hydrogen-bond donors (Lipinski definition) is 1. The highest BCUT2D eigenvalue weighted by Gasteiger charge is 2.02. The van der Waals surface area contributed by atoms with E-state index in [0.29, 0.717) is 12.4 Å². The lowest BCUT2D eigenvalue weighted by Crippen LogP contribution is -2.01. The average molecular weight is 225 g/mol. The average Bonchev–Trinajstić information content (AvgIpc) is 2.85. The summed E-state index contributed by atoms with van der Waals surface area (Å²) in [5, 5.41) is 0. The fourth-order valence-corrected chi connectivity index (χ4v) is 1.46. The largest absolute Gasteiger partial charge is 0.486 e. The maximum atomic E-state index is 5.54. The van der Waals surface area contributed by atoms with Crippen LogP contribution in [0.3, 0.4) is 0 Å². The first kappa shape index (κ1) is 9.77. The van der Waals surface area contributed by atoms with E-state index in [9.17, 15) is 0 Å². The van der Waals surface area contributed by atoms with E-state index in [2.05, 4.69) is 26.0 Å². The fourth-order valence-electron chi connectivity index (χ4n) is 1.46. The number of aromatic amines is 1. The number of rotatable bonds is 3. The summed E-state index contributed by atoms with van der Waals surface area (Å²) in [7, 11) is 0. The molecule has 0 aliphatic carbocycles. The summed E-state index contributed by atoms with van der Waals surface area (Å²) in [4.78, 5) is 15.4. The van der Waals surface area contributed by atoms with Gasteiger partial charge in [-0.15, -0.1) is 0 Å². The molecule has 0 atom stereocenters. The Morgan fingerprint density at radius 2 is 2.12 bits per heavy atom. The van der Waals surface area contributed by atoms with Crippen molar-refractivity contribution in [1.82, 2.24) is 19.9 Å². The van der Waals surface area contributed by atoms with Gasteiger partial charge in [0.2, 0.25) is 0 Å². The third-order valence-electron chi connectivity index (χ3n) is 2.28. The Morgan fingerprint density at radius 3 is 3.00 bits per heavy atom. The molecule has 17 heavy (non-hydrogen) atoms. The molecule has 3 aromatic rings. The summed E-state index contributed by atoms with van der Waals surface area (Å²) in [5.41, 5.74) is 1.48. The lowest BCUT2D eigenvalue weighted by Gasteiger charge is -2.03. The van der Waals surface area contributed by atoms with Gasteiger partial charge >= 0.3 is 0 Å². The van der Waals surface area contributed by atoms with Gasteiger partial charge in [-0.2, -0.15) is 0 Å². The van der Waals surface area contributed by atoms with Crippen molar-refractivity contribution in [2.24, 2.45) is 0 Å². The zero-order valence-electron chi connectivity index (χ0n) is 8.92. The first-order valence-corrected chi connectivity index (χ1v) is 5.16. The van der Waals surface area contributed by atoms with Crippen LogP contribution in [-0.2, 0) is 6.61 Å². The van der Waals surface area contributed by atoms with Gasteiger partial charge < -0.3 is 9.72 Å². The van der Waals surface area contributed by atoms with E-state index >= 15 is 0 Å². The summed E-state index contributed by atoms with van der Waals surface area (Å²) >= 11 is 0. The Hall–Kier alpha value is -2.43. The third-order valence-corrected chi connectivity index (χ3v) is 2.28. The van der Waals surface area contributed by atoms with Crippen molar-refractivity contribution in [3.8, 4) is 5.75 Å². The minimum absolute atomic E-state index is 0.332. The molecule has 5 heteroatoms. The van der Waals surface area contributed by atoms with Crippen molar-refractivity contribution in [1.29, 1.82) is 0 Å². The third kappa shape index (κ3) is 2.08. The van der Waals surface area contributed by atoms with Crippen LogP contribution in [-0.4, -0.2) is 19.9 Å². The van der Waals surface area contributed by atoms with Crippen LogP contribution < -0.4 is 4.74 Å². The number of ether oxygens (including phenoxy) is 1. The lowest BCUT2D eigenvalue weighted by molar-refractivity contribution is 0.296. The normalized spacial score (nSPS) is 10.6. The molecule has 1 N–H and O–H groups in total. The van der Waals surface area contributed by atoms with Crippen molar-refractivity contribution in [3.05, 3.63) is 48.7 Å². The van der Waals surface area contributed by atoms with E-state index in [4.69, 9.17) is 4.74 Å². The topological polar surface area (TPSA) is 63.7 Å². The zero-order valence-corrected chi connectivity index (χ0v) is 8.92. The lowest BCUT2D eigenvalue weighted by atomic mass is 10.3. The van der Waals surface area contributed by atoms with E-state index in [-0.39, 0.29) is 0 Å². The fraction of sp³-hybridized carbons (Fsp3) is 0.0833. The zero-order chi connectivity index (χ0) is 11.5. The Kier molecular flexibility index (Phi) is 2.42. The highest BCUT2D eigenvalue weighted by Crippen LogP contribution is 2.10. The van der Waals surface area contributed by atoms with Crippen molar-refractivity contribution in [2.45, 2.75) is 6.61 Å². The van der Waals surface area contributed by atoms with Gasteiger partial charge in [0.15, 0.2) is 11.5 Å². The molecule has 0 aliphatic rings. The van der Waals surface area contributed by atoms with E-state index in [1.807, 2.05) is 12.1 Å². The molecule has 2 aromatic heterocycles. The van der Waals surface area contributed by atoms with Gasteiger partial charge in [0.25, 0.3) is 0 Å². The number of imidazole rings is 1. The number of benzene rings is 1. The number of H-pyrrole nitrogens is 1. The predicted octanol–water partition coefficient (Wildman–Crippen LogP) is 1.73. The minimum atomic E-state index is 0.332. The molecule has 2 heterocycles. The van der Waals surface area contributed by atoms with Crippen LogP contribution >= 0.6 is 0 Å². The molecular formula is C12H9N4O. The second-order valence-electron chi connectivity index (χ2n) is 3.45. The number of hydrogen-bond acceptors (Lipinski definition) is 4. The first-order valence-electron chi connectivity index (χ1n) is 5.16. The van der Waals surface area contributed by atoms with Crippen LogP contribution in [0.1, 0.15) is 5.82 Å². The summed E-state index contributed by atoms with van der Waals surface area (Å²) in [6, 6.07) is 10.2. The van der Waals surface area contributed by atoms with Gasteiger partial charge in [-0.1, -0.05) is 12.1 Å². The number of nitrogens with one attached hydrogen (secondary N) is 1. The van der Waals surface area contributed by atoms with Gasteiger partial charge in [-0.3, -0.25) is 0 Å². The van der Waals surface area contributed by atoms with E-state index in [1.165, 1.54) is 0 Å². The molecular weight excluding hydrogens is 216 g/mol. The van der Waals surface area contributed by atoms with Gasteiger partial charge in [0, 0.05) is 0 Å². The second-order valence-corrected chi connectivity index (χ2v) is 3.45. The highest BCUT2D eigenvalue weighted by molar-refractivity contribution is 5.67. The molecule has 0 aliphatic heterocycles. The predicted molar refractivity (Wildman–Crippen MR) is 61.3 cm³/mol. The van der Waals surface area contributed by atoms with E-state index in [1.54, 1.807) is 24.7 Å². The molecule has 0 bridgehead atoms. The molecule has 1 aromatic carbocycles. The molecule has 83 valence electrons. The van der Waals surface area contributed by atoms with Crippen LogP contribution in [0, 0.1) is 6.07 Å². The summed E-state index contributed by atoms with van der Waals surface area (Å²) < 4.78 is 5.54. The minimum Gasteiger partial charge on any atom is -0.486 e. The molecule has 0 spiro atoms. The van der Waals surface area contributed by atoms with Crippen LogP contribution in [0.5, 0.6) is 5.75 Å². The number of aromatic nitrogens is 4. The summed E-state index contributed by atoms with van der Waals surface area (Å²) in [6.07, 6.45) is 3.27. The van der Waals surface area contributed by atoms with Gasteiger partial charge in [0.05, 0.1) is 12.5 Å².